The fourth-order valence-electron chi connectivity index (χ4n) is 2.37. The van der Waals surface area contributed by atoms with Gasteiger partial charge in [0.1, 0.15) is 23.7 Å². The van der Waals surface area contributed by atoms with Crippen molar-refractivity contribution in [3.05, 3.63) is 65.9 Å². The van der Waals surface area contributed by atoms with Crippen LogP contribution in [-0.4, -0.2) is 13.7 Å². The van der Waals surface area contributed by atoms with E-state index in [1.165, 1.54) is 5.56 Å². The molecule has 0 aliphatic heterocycles. The van der Waals surface area contributed by atoms with Crippen LogP contribution in [0.3, 0.4) is 0 Å². The van der Waals surface area contributed by atoms with Gasteiger partial charge in [-0.05, 0) is 43.8 Å². The van der Waals surface area contributed by atoms with E-state index in [9.17, 15) is 0 Å². The molecular weight excluding hydrogens is 262 g/mol. The van der Waals surface area contributed by atoms with E-state index in [1.807, 2.05) is 43.4 Å². The van der Waals surface area contributed by atoms with Gasteiger partial charge in [-0.25, -0.2) is 0 Å². The van der Waals surface area contributed by atoms with E-state index in [0.29, 0.717) is 6.61 Å². The third-order valence-corrected chi connectivity index (χ3v) is 3.54. The molecule has 1 aromatic heterocycles. The van der Waals surface area contributed by atoms with Gasteiger partial charge >= 0.3 is 0 Å². The zero-order chi connectivity index (χ0) is 14.7. The molecule has 1 atom stereocenters. The van der Waals surface area contributed by atoms with Crippen LogP contribution >= 0.6 is 0 Å². The molecule has 0 bridgehead atoms. The maximum Gasteiger partial charge on any atom is 0.134 e. The number of fused-ring (bicyclic) bond motifs is 1. The van der Waals surface area contributed by atoms with Crippen molar-refractivity contribution >= 4 is 11.0 Å². The van der Waals surface area contributed by atoms with Crippen LogP contribution in [0.2, 0.25) is 0 Å². The number of para-hydroxylation sites is 1. The Kier molecular flexibility index (Phi) is 3.93. The maximum atomic E-state index is 5.89. The first kappa shape index (κ1) is 13.7. The Balaban J connectivity index is 1.75. The lowest BCUT2D eigenvalue weighted by Gasteiger charge is -2.15. The second kappa shape index (κ2) is 6.02. The van der Waals surface area contributed by atoms with Crippen molar-refractivity contribution < 1.29 is 9.15 Å². The Bertz CT molecular complexity index is 700. The predicted octanol–water partition coefficient (Wildman–Crippen LogP) is 4.08. The van der Waals surface area contributed by atoms with Gasteiger partial charge in [0.25, 0.3) is 0 Å². The van der Waals surface area contributed by atoms with Gasteiger partial charge in [-0.3, -0.25) is 0 Å². The van der Waals surface area contributed by atoms with E-state index < -0.39 is 0 Å². The third-order valence-electron chi connectivity index (χ3n) is 3.54. The van der Waals surface area contributed by atoms with E-state index in [1.54, 1.807) is 0 Å². The minimum absolute atomic E-state index is 0.0258. The highest BCUT2D eigenvalue weighted by Gasteiger charge is 2.15. The summed E-state index contributed by atoms with van der Waals surface area (Å²) in [5, 5.41) is 4.36. The summed E-state index contributed by atoms with van der Waals surface area (Å²) in [4.78, 5) is 0. The van der Waals surface area contributed by atoms with E-state index >= 15 is 0 Å². The lowest BCUT2D eigenvalue weighted by molar-refractivity contribution is 0.256. The van der Waals surface area contributed by atoms with Gasteiger partial charge in [-0.1, -0.05) is 30.3 Å². The van der Waals surface area contributed by atoms with Gasteiger partial charge in [0, 0.05) is 5.39 Å². The van der Waals surface area contributed by atoms with Gasteiger partial charge in [-0.2, -0.15) is 0 Å². The molecule has 0 amide bonds. The number of nitrogens with one attached hydrogen (secondary N) is 1. The molecule has 2 aromatic carbocycles. The predicted molar refractivity (Wildman–Crippen MR) is 84.7 cm³/mol. The highest BCUT2D eigenvalue weighted by molar-refractivity contribution is 5.77. The molecular formula is C18H19NO2. The monoisotopic (exact) mass is 281 g/mol. The SMILES string of the molecule is CNC(COc1cccc(C)c1)c1cc2ccccc2o1. The highest BCUT2D eigenvalue weighted by atomic mass is 16.5. The van der Waals surface area contributed by atoms with Crippen LogP contribution in [0.4, 0.5) is 0 Å². The molecule has 21 heavy (non-hydrogen) atoms. The van der Waals surface area contributed by atoms with E-state index in [4.69, 9.17) is 9.15 Å². The van der Waals surface area contributed by atoms with Crippen molar-refractivity contribution in [1.29, 1.82) is 0 Å². The molecule has 108 valence electrons. The number of hydrogen-bond acceptors (Lipinski definition) is 3. The van der Waals surface area contributed by atoms with Crippen molar-refractivity contribution in [2.75, 3.05) is 13.7 Å². The average molecular weight is 281 g/mol. The normalized spacial score (nSPS) is 12.5. The Morgan fingerprint density at radius 2 is 1.95 bits per heavy atom. The number of ether oxygens (including phenoxy) is 1. The minimum Gasteiger partial charge on any atom is -0.491 e. The van der Waals surface area contributed by atoms with Crippen molar-refractivity contribution in [3.8, 4) is 5.75 Å². The Labute approximate surface area is 124 Å². The molecule has 3 rings (SSSR count). The molecule has 0 aliphatic rings. The molecule has 1 unspecified atom stereocenters. The smallest absolute Gasteiger partial charge is 0.134 e. The minimum atomic E-state index is 0.0258. The summed E-state index contributed by atoms with van der Waals surface area (Å²) in [7, 11) is 1.91. The molecule has 3 heteroatoms. The quantitative estimate of drug-likeness (QED) is 0.765. The van der Waals surface area contributed by atoms with E-state index in [2.05, 4.69) is 30.4 Å². The lowest BCUT2D eigenvalue weighted by atomic mass is 10.2. The molecule has 0 aliphatic carbocycles. The molecule has 0 radical (unpaired) electrons. The van der Waals surface area contributed by atoms with Crippen molar-refractivity contribution in [2.24, 2.45) is 0 Å². The van der Waals surface area contributed by atoms with Gasteiger partial charge in [0.2, 0.25) is 0 Å². The van der Waals surface area contributed by atoms with Gasteiger partial charge < -0.3 is 14.5 Å². The number of likely N-dealkylation sites (N-methyl/N-ethyl adjacent to an activating group) is 1. The van der Waals surface area contributed by atoms with Crippen LogP contribution in [0.1, 0.15) is 17.4 Å². The fourth-order valence-corrected chi connectivity index (χ4v) is 2.37. The number of rotatable bonds is 5. The summed E-state index contributed by atoms with van der Waals surface area (Å²) in [6, 6.07) is 18.2. The van der Waals surface area contributed by atoms with Crippen LogP contribution in [0.25, 0.3) is 11.0 Å². The average Bonchev–Trinajstić information content (AvgIpc) is 2.91. The topological polar surface area (TPSA) is 34.4 Å². The summed E-state index contributed by atoms with van der Waals surface area (Å²) >= 11 is 0. The molecule has 0 spiro atoms. The molecule has 0 saturated carbocycles. The molecule has 0 saturated heterocycles. The largest absolute Gasteiger partial charge is 0.491 e. The highest BCUT2D eigenvalue weighted by Crippen LogP contribution is 2.24. The van der Waals surface area contributed by atoms with Crippen molar-refractivity contribution in [2.45, 2.75) is 13.0 Å². The lowest BCUT2D eigenvalue weighted by Crippen LogP contribution is -2.22. The summed E-state index contributed by atoms with van der Waals surface area (Å²) < 4.78 is 11.8. The molecule has 0 fully saturated rings. The Morgan fingerprint density at radius 1 is 1.10 bits per heavy atom. The van der Waals surface area contributed by atoms with Gasteiger partial charge in [0.15, 0.2) is 0 Å². The Hall–Kier alpha value is -2.26. The van der Waals surface area contributed by atoms with Crippen molar-refractivity contribution in [3.63, 3.8) is 0 Å². The van der Waals surface area contributed by atoms with Crippen LogP contribution < -0.4 is 10.1 Å². The maximum absolute atomic E-state index is 5.89. The first-order valence-corrected chi connectivity index (χ1v) is 7.11. The van der Waals surface area contributed by atoms with E-state index in [0.717, 1.165) is 22.5 Å². The number of furan rings is 1. The number of benzene rings is 2. The second-order valence-electron chi connectivity index (χ2n) is 5.16. The van der Waals surface area contributed by atoms with E-state index in [-0.39, 0.29) is 6.04 Å². The third kappa shape index (κ3) is 3.09. The van der Waals surface area contributed by atoms with Crippen LogP contribution in [0, 0.1) is 6.92 Å². The number of hydrogen-bond donors (Lipinski definition) is 1. The van der Waals surface area contributed by atoms with Gasteiger partial charge in [-0.15, -0.1) is 0 Å². The summed E-state index contributed by atoms with van der Waals surface area (Å²) in [6.45, 7) is 2.58. The molecule has 3 nitrogen and oxygen atoms in total. The molecule has 1 heterocycles. The van der Waals surface area contributed by atoms with Crippen LogP contribution in [0.5, 0.6) is 5.75 Å². The zero-order valence-electron chi connectivity index (χ0n) is 12.3. The first-order valence-electron chi connectivity index (χ1n) is 7.11. The van der Waals surface area contributed by atoms with Crippen molar-refractivity contribution in [1.82, 2.24) is 5.32 Å². The second-order valence-corrected chi connectivity index (χ2v) is 5.16. The standard InChI is InChI=1S/C18H19NO2/c1-13-6-5-8-15(10-13)20-12-16(19-2)18-11-14-7-3-4-9-17(14)21-18/h3-11,16,19H,12H2,1-2H3. The molecule has 3 aromatic rings. The zero-order valence-corrected chi connectivity index (χ0v) is 12.3. The fraction of sp³-hybridized carbons (Fsp3) is 0.222. The number of aryl methyl sites for hydroxylation is 1. The summed E-state index contributed by atoms with van der Waals surface area (Å²) in [5.74, 6) is 1.78. The summed E-state index contributed by atoms with van der Waals surface area (Å²) in [6.07, 6.45) is 0. The Morgan fingerprint density at radius 3 is 2.71 bits per heavy atom. The van der Waals surface area contributed by atoms with Crippen LogP contribution in [-0.2, 0) is 0 Å². The molecule has 1 N–H and O–H groups in total. The van der Waals surface area contributed by atoms with Crippen LogP contribution in [0.15, 0.2) is 59.0 Å². The summed E-state index contributed by atoms with van der Waals surface area (Å²) in [5.41, 5.74) is 2.10. The van der Waals surface area contributed by atoms with Gasteiger partial charge in [0.05, 0.1) is 6.04 Å². The first-order chi connectivity index (χ1) is 10.3.